The summed E-state index contributed by atoms with van der Waals surface area (Å²) in [4.78, 5) is 24.4. The van der Waals surface area contributed by atoms with Crippen LogP contribution in [0.1, 0.15) is 26.2 Å². The van der Waals surface area contributed by atoms with Gasteiger partial charge in [0.05, 0.1) is 12.8 Å². The molecule has 0 fully saturated rings. The summed E-state index contributed by atoms with van der Waals surface area (Å²) >= 11 is 0. The number of aliphatic hydroxyl groups is 1. The summed E-state index contributed by atoms with van der Waals surface area (Å²) in [6.45, 7) is 1.72. The highest BCUT2D eigenvalue weighted by Crippen LogP contribution is 2.41. The lowest BCUT2D eigenvalue weighted by Gasteiger charge is -2.32. The Morgan fingerprint density at radius 3 is 2.62 bits per heavy atom. The zero-order chi connectivity index (χ0) is 19.5. The number of ether oxygens (including phenoxy) is 1. The number of hydrazone groups is 1. The van der Waals surface area contributed by atoms with Crippen LogP contribution in [0.15, 0.2) is 29.4 Å². The molecule has 10 heteroatoms. The van der Waals surface area contributed by atoms with Crippen molar-refractivity contribution < 1.29 is 32.6 Å². The van der Waals surface area contributed by atoms with Crippen LogP contribution in [0, 0.1) is 0 Å². The Morgan fingerprint density at radius 1 is 1.38 bits per heavy atom. The van der Waals surface area contributed by atoms with Gasteiger partial charge in [-0.05, 0) is 18.6 Å². The first-order chi connectivity index (χ1) is 12.1. The fourth-order valence-corrected chi connectivity index (χ4v) is 2.50. The monoisotopic (exact) mass is 373 g/mol. The molecule has 0 bridgehead atoms. The van der Waals surface area contributed by atoms with E-state index in [2.05, 4.69) is 10.4 Å². The third-order valence-corrected chi connectivity index (χ3v) is 3.78. The number of hydrogen-bond acceptors (Lipinski definition) is 5. The highest BCUT2D eigenvalue weighted by molar-refractivity contribution is 6.40. The Kier molecular flexibility index (Phi) is 5.55. The molecule has 7 nitrogen and oxygen atoms in total. The average Bonchev–Trinajstić information content (AvgIpc) is 2.92. The second kappa shape index (κ2) is 7.32. The molecule has 0 aromatic heterocycles. The van der Waals surface area contributed by atoms with Crippen LogP contribution in [0.25, 0.3) is 0 Å². The highest BCUT2D eigenvalue weighted by atomic mass is 19.4. The number of amides is 2. The number of hydrogen-bond donors (Lipinski definition) is 2. The van der Waals surface area contributed by atoms with Gasteiger partial charge >= 0.3 is 18.0 Å². The Hall–Kier alpha value is -2.62. The minimum atomic E-state index is -5.17. The standard InChI is InChI=1S/C16H18F3N3O4/c1-3-6-10-9-15(25,16(17,18)19)22(21-10)14(24)13(23)20-11-7-4-5-8-12(11)26-2/h4-5,7-8,25H,3,6,9H2,1-2H3,(H,20,23)/t15-/m1/s1. The molecule has 1 aromatic rings. The van der Waals surface area contributed by atoms with E-state index in [1.165, 1.54) is 19.2 Å². The summed E-state index contributed by atoms with van der Waals surface area (Å²) in [5.41, 5.74) is -3.46. The van der Waals surface area contributed by atoms with Crippen molar-refractivity contribution in [3.63, 3.8) is 0 Å². The number of halogens is 3. The number of rotatable bonds is 4. The smallest absolute Gasteiger partial charge is 0.438 e. The summed E-state index contributed by atoms with van der Waals surface area (Å²) in [6, 6.07) is 6.07. The molecule has 1 aromatic carbocycles. The van der Waals surface area contributed by atoms with Gasteiger partial charge in [-0.3, -0.25) is 9.59 Å². The molecule has 0 unspecified atom stereocenters. The van der Waals surface area contributed by atoms with Gasteiger partial charge in [0.2, 0.25) is 0 Å². The molecule has 1 aliphatic heterocycles. The van der Waals surface area contributed by atoms with Gasteiger partial charge in [-0.25, -0.2) is 0 Å². The van der Waals surface area contributed by atoms with E-state index in [0.29, 0.717) is 6.42 Å². The van der Waals surface area contributed by atoms with Crippen molar-refractivity contribution in [2.75, 3.05) is 12.4 Å². The number of nitrogens with zero attached hydrogens (tertiary/aromatic N) is 2. The lowest BCUT2D eigenvalue weighted by atomic mass is 10.0. The van der Waals surface area contributed by atoms with E-state index in [9.17, 15) is 27.9 Å². The molecule has 2 rings (SSSR count). The molecule has 0 saturated heterocycles. The maximum atomic E-state index is 13.3. The van der Waals surface area contributed by atoms with Crippen molar-refractivity contribution in [1.82, 2.24) is 5.01 Å². The topological polar surface area (TPSA) is 91.2 Å². The van der Waals surface area contributed by atoms with E-state index in [1.54, 1.807) is 19.1 Å². The number of para-hydroxylation sites is 2. The van der Waals surface area contributed by atoms with Gasteiger partial charge in [-0.15, -0.1) is 0 Å². The normalized spacial score (nSPS) is 19.9. The lowest BCUT2D eigenvalue weighted by molar-refractivity contribution is -0.301. The van der Waals surface area contributed by atoms with Crippen molar-refractivity contribution in [3.8, 4) is 5.75 Å². The van der Waals surface area contributed by atoms with E-state index in [4.69, 9.17) is 4.74 Å². The molecule has 1 atom stereocenters. The number of methoxy groups -OCH3 is 1. The van der Waals surface area contributed by atoms with E-state index in [1.807, 2.05) is 0 Å². The number of benzene rings is 1. The van der Waals surface area contributed by atoms with Crippen molar-refractivity contribution in [3.05, 3.63) is 24.3 Å². The maximum Gasteiger partial charge on any atom is 0.438 e. The average molecular weight is 373 g/mol. The van der Waals surface area contributed by atoms with Crippen molar-refractivity contribution in [1.29, 1.82) is 0 Å². The van der Waals surface area contributed by atoms with Crippen LogP contribution in [0.2, 0.25) is 0 Å². The van der Waals surface area contributed by atoms with E-state index < -0.39 is 30.1 Å². The highest BCUT2D eigenvalue weighted by Gasteiger charge is 2.63. The zero-order valence-corrected chi connectivity index (χ0v) is 14.1. The van der Waals surface area contributed by atoms with Crippen LogP contribution in [-0.2, 0) is 9.59 Å². The number of anilines is 1. The molecule has 142 valence electrons. The third-order valence-electron chi connectivity index (χ3n) is 3.78. The quantitative estimate of drug-likeness (QED) is 0.792. The molecule has 1 heterocycles. The van der Waals surface area contributed by atoms with Crippen LogP contribution < -0.4 is 10.1 Å². The fraction of sp³-hybridized carbons (Fsp3) is 0.438. The minimum Gasteiger partial charge on any atom is -0.495 e. The molecule has 0 saturated carbocycles. The third kappa shape index (κ3) is 3.64. The van der Waals surface area contributed by atoms with Gasteiger partial charge < -0.3 is 15.2 Å². The van der Waals surface area contributed by atoms with Crippen LogP contribution in [-0.4, -0.2) is 46.7 Å². The lowest BCUT2D eigenvalue weighted by Crippen LogP contribution is -2.58. The molecule has 0 radical (unpaired) electrons. The SMILES string of the molecule is CCCC1=NN(C(=O)C(=O)Nc2ccccc2OC)[C@](O)(C(F)(F)F)C1. The Bertz CT molecular complexity index is 736. The van der Waals surface area contributed by atoms with Gasteiger partial charge in [0, 0.05) is 12.1 Å². The van der Waals surface area contributed by atoms with Crippen LogP contribution in [0.4, 0.5) is 18.9 Å². The summed E-state index contributed by atoms with van der Waals surface area (Å²) in [5, 5.41) is 15.6. The second-order valence-electron chi connectivity index (χ2n) is 5.68. The molecule has 2 amide bonds. The number of carbonyl (C=O) groups excluding carboxylic acids is 2. The predicted octanol–water partition coefficient (Wildman–Crippen LogP) is 2.27. The molecule has 1 aliphatic rings. The molecule has 2 N–H and O–H groups in total. The van der Waals surface area contributed by atoms with Crippen molar-refractivity contribution >= 4 is 23.2 Å². The van der Waals surface area contributed by atoms with Gasteiger partial charge in [0.15, 0.2) is 0 Å². The largest absolute Gasteiger partial charge is 0.495 e. The Labute approximate surface area is 147 Å². The first-order valence-electron chi connectivity index (χ1n) is 7.78. The van der Waals surface area contributed by atoms with Gasteiger partial charge in [-0.1, -0.05) is 25.5 Å². The summed E-state index contributed by atoms with van der Waals surface area (Å²) in [6.07, 6.45) is -5.43. The molecule has 26 heavy (non-hydrogen) atoms. The predicted molar refractivity (Wildman–Crippen MR) is 86.4 cm³/mol. The minimum absolute atomic E-state index is 0.00855. The second-order valence-corrected chi connectivity index (χ2v) is 5.68. The number of carbonyl (C=O) groups is 2. The van der Waals surface area contributed by atoms with Crippen molar-refractivity contribution in [2.45, 2.75) is 38.1 Å². The molecular weight excluding hydrogens is 355 g/mol. The van der Waals surface area contributed by atoms with Gasteiger partial charge in [0.1, 0.15) is 5.75 Å². The number of alkyl halides is 3. The van der Waals surface area contributed by atoms with Gasteiger partial charge in [0.25, 0.3) is 5.72 Å². The van der Waals surface area contributed by atoms with Crippen LogP contribution >= 0.6 is 0 Å². The zero-order valence-electron chi connectivity index (χ0n) is 14.1. The van der Waals surface area contributed by atoms with Gasteiger partial charge in [-0.2, -0.15) is 23.3 Å². The summed E-state index contributed by atoms with van der Waals surface area (Å²) < 4.78 is 44.9. The maximum absolute atomic E-state index is 13.3. The Balaban J connectivity index is 2.28. The number of nitrogens with one attached hydrogen (secondary N) is 1. The summed E-state index contributed by atoms with van der Waals surface area (Å²) in [7, 11) is 1.33. The first kappa shape index (κ1) is 19.7. The fourth-order valence-electron chi connectivity index (χ4n) is 2.50. The van der Waals surface area contributed by atoms with E-state index in [0.717, 1.165) is 0 Å². The first-order valence-corrected chi connectivity index (χ1v) is 7.78. The Morgan fingerprint density at radius 2 is 2.04 bits per heavy atom. The van der Waals surface area contributed by atoms with E-state index >= 15 is 0 Å². The van der Waals surface area contributed by atoms with Crippen LogP contribution in [0.5, 0.6) is 5.75 Å². The summed E-state index contributed by atoms with van der Waals surface area (Å²) in [5.74, 6) is -2.78. The molecule has 0 aliphatic carbocycles. The molecular formula is C16H18F3N3O4. The van der Waals surface area contributed by atoms with Crippen LogP contribution in [0.3, 0.4) is 0 Å². The van der Waals surface area contributed by atoms with E-state index in [-0.39, 0.29) is 28.6 Å². The van der Waals surface area contributed by atoms with Crippen molar-refractivity contribution in [2.24, 2.45) is 5.10 Å². The molecule has 0 spiro atoms.